The topological polar surface area (TPSA) is 68.5 Å². The Bertz CT molecular complexity index is 955. The van der Waals surface area contributed by atoms with Gasteiger partial charge in [-0.15, -0.1) is 0 Å². The third-order valence-electron chi connectivity index (χ3n) is 4.64. The number of Topliss-reactive ketones (excluding diaryl/α,β-unsaturated/α-hetero) is 1. The standard InChI is InChI=1S/C23H23NO4/c1-4-20(17-9-11-19(27-3)12-10-17)24-23(26)22-14-13-21(28-22)18-7-5-16(6-8-18)15(2)25/h5-14,20H,4H2,1-3H3,(H,24,26)/t20-/m0/s1. The van der Waals surface area contributed by atoms with Crippen molar-refractivity contribution >= 4 is 11.7 Å². The number of amides is 1. The molecule has 0 aliphatic carbocycles. The molecule has 0 radical (unpaired) electrons. The van der Waals surface area contributed by atoms with E-state index >= 15 is 0 Å². The number of nitrogens with one attached hydrogen (secondary N) is 1. The van der Waals surface area contributed by atoms with Gasteiger partial charge in [0.25, 0.3) is 5.91 Å². The first-order valence-corrected chi connectivity index (χ1v) is 9.17. The number of hydrogen-bond donors (Lipinski definition) is 1. The van der Waals surface area contributed by atoms with Gasteiger partial charge in [0.2, 0.25) is 0 Å². The van der Waals surface area contributed by atoms with Gasteiger partial charge in [0.15, 0.2) is 11.5 Å². The number of benzene rings is 2. The number of carbonyl (C=O) groups excluding carboxylic acids is 2. The number of ketones is 1. The highest BCUT2D eigenvalue weighted by Crippen LogP contribution is 2.24. The quantitative estimate of drug-likeness (QED) is 0.586. The highest BCUT2D eigenvalue weighted by atomic mass is 16.5. The van der Waals surface area contributed by atoms with Gasteiger partial charge in [0, 0.05) is 11.1 Å². The summed E-state index contributed by atoms with van der Waals surface area (Å²) in [6.07, 6.45) is 0.748. The lowest BCUT2D eigenvalue weighted by molar-refractivity contribution is 0.0908. The Morgan fingerprint density at radius 2 is 1.68 bits per heavy atom. The van der Waals surface area contributed by atoms with Crippen molar-refractivity contribution in [2.24, 2.45) is 0 Å². The van der Waals surface area contributed by atoms with Crippen LogP contribution in [0.25, 0.3) is 11.3 Å². The fourth-order valence-corrected chi connectivity index (χ4v) is 2.97. The van der Waals surface area contributed by atoms with Gasteiger partial charge in [-0.2, -0.15) is 0 Å². The minimum absolute atomic E-state index is 0.00945. The van der Waals surface area contributed by atoms with Crippen LogP contribution >= 0.6 is 0 Å². The van der Waals surface area contributed by atoms with Crippen LogP contribution in [-0.4, -0.2) is 18.8 Å². The Balaban J connectivity index is 1.72. The summed E-state index contributed by atoms with van der Waals surface area (Å²) in [7, 11) is 1.62. The fraction of sp³-hybridized carbons (Fsp3) is 0.217. The molecule has 1 aromatic heterocycles. The molecule has 0 spiro atoms. The Labute approximate surface area is 164 Å². The predicted octanol–water partition coefficient (Wildman–Crippen LogP) is 5.04. The van der Waals surface area contributed by atoms with Gasteiger partial charge in [-0.3, -0.25) is 9.59 Å². The minimum atomic E-state index is -0.269. The maximum atomic E-state index is 12.6. The summed E-state index contributed by atoms with van der Waals surface area (Å²) in [6, 6.07) is 18.0. The molecule has 28 heavy (non-hydrogen) atoms. The molecule has 0 aliphatic heterocycles. The molecular formula is C23H23NO4. The summed E-state index contributed by atoms with van der Waals surface area (Å²) in [5.41, 5.74) is 2.45. The van der Waals surface area contributed by atoms with Crippen LogP contribution in [0.3, 0.4) is 0 Å². The lowest BCUT2D eigenvalue weighted by atomic mass is 10.0. The van der Waals surface area contributed by atoms with Gasteiger partial charge >= 0.3 is 0 Å². The molecule has 2 aromatic carbocycles. The molecule has 0 saturated carbocycles. The zero-order chi connectivity index (χ0) is 20.1. The number of hydrogen-bond acceptors (Lipinski definition) is 4. The van der Waals surface area contributed by atoms with Crippen molar-refractivity contribution in [3.05, 3.63) is 77.6 Å². The number of methoxy groups -OCH3 is 1. The Hall–Kier alpha value is -3.34. The summed E-state index contributed by atoms with van der Waals surface area (Å²) in [6.45, 7) is 3.54. The second kappa shape index (κ2) is 8.57. The highest BCUT2D eigenvalue weighted by Gasteiger charge is 2.17. The van der Waals surface area contributed by atoms with Crippen LogP contribution in [0, 0.1) is 0 Å². The van der Waals surface area contributed by atoms with Crippen LogP contribution in [0.4, 0.5) is 0 Å². The summed E-state index contributed by atoms with van der Waals surface area (Å²) >= 11 is 0. The molecule has 5 nitrogen and oxygen atoms in total. The molecule has 0 bridgehead atoms. The van der Waals surface area contributed by atoms with Crippen LogP contribution in [0.1, 0.15) is 52.8 Å². The van der Waals surface area contributed by atoms with Crippen molar-refractivity contribution in [3.63, 3.8) is 0 Å². The first-order chi connectivity index (χ1) is 13.5. The summed E-state index contributed by atoms with van der Waals surface area (Å²) in [5.74, 6) is 1.34. The van der Waals surface area contributed by atoms with Gasteiger partial charge < -0.3 is 14.5 Å². The maximum absolute atomic E-state index is 12.6. The number of ether oxygens (including phenoxy) is 1. The molecule has 1 heterocycles. The minimum Gasteiger partial charge on any atom is -0.497 e. The summed E-state index contributed by atoms with van der Waals surface area (Å²) in [5, 5.41) is 3.01. The number of rotatable bonds is 7. The molecule has 5 heteroatoms. The van der Waals surface area contributed by atoms with Crippen molar-refractivity contribution in [3.8, 4) is 17.1 Å². The van der Waals surface area contributed by atoms with Crippen molar-refractivity contribution in [2.45, 2.75) is 26.3 Å². The van der Waals surface area contributed by atoms with Crippen LogP contribution in [0.2, 0.25) is 0 Å². The second-order valence-corrected chi connectivity index (χ2v) is 6.50. The number of carbonyl (C=O) groups is 2. The third-order valence-corrected chi connectivity index (χ3v) is 4.64. The molecule has 3 aromatic rings. The predicted molar refractivity (Wildman–Crippen MR) is 108 cm³/mol. The Morgan fingerprint density at radius 1 is 1.00 bits per heavy atom. The van der Waals surface area contributed by atoms with Crippen LogP contribution in [0.15, 0.2) is 65.1 Å². The van der Waals surface area contributed by atoms with Gasteiger partial charge in [0.1, 0.15) is 11.5 Å². The van der Waals surface area contributed by atoms with E-state index in [0.29, 0.717) is 11.3 Å². The molecule has 0 unspecified atom stereocenters. The Morgan fingerprint density at radius 3 is 2.25 bits per heavy atom. The van der Waals surface area contributed by atoms with E-state index in [9.17, 15) is 9.59 Å². The first kappa shape index (κ1) is 19.4. The van der Waals surface area contributed by atoms with Crippen molar-refractivity contribution in [1.82, 2.24) is 5.32 Å². The summed E-state index contributed by atoms with van der Waals surface area (Å²) < 4.78 is 10.9. The van der Waals surface area contributed by atoms with E-state index < -0.39 is 0 Å². The van der Waals surface area contributed by atoms with E-state index in [-0.39, 0.29) is 23.5 Å². The first-order valence-electron chi connectivity index (χ1n) is 9.17. The van der Waals surface area contributed by atoms with Crippen molar-refractivity contribution < 1.29 is 18.7 Å². The van der Waals surface area contributed by atoms with E-state index in [1.165, 1.54) is 6.92 Å². The van der Waals surface area contributed by atoms with E-state index in [1.54, 1.807) is 31.4 Å². The molecule has 0 aliphatic rings. The fourth-order valence-electron chi connectivity index (χ4n) is 2.97. The molecule has 0 saturated heterocycles. The van der Waals surface area contributed by atoms with Gasteiger partial charge in [-0.05, 0) is 43.2 Å². The molecular weight excluding hydrogens is 354 g/mol. The highest BCUT2D eigenvalue weighted by molar-refractivity contribution is 5.94. The van der Waals surface area contributed by atoms with Gasteiger partial charge in [-0.25, -0.2) is 0 Å². The largest absolute Gasteiger partial charge is 0.497 e. The second-order valence-electron chi connectivity index (χ2n) is 6.50. The third kappa shape index (κ3) is 4.31. The summed E-state index contributed by atoms with van der Waals surface area (Å²) in [4.78, 5) is 24.0. The maximum Gasteiger partial charge on any atom is 0.287 e. The SMILES string of the molecule is CC[C@H](NC(=O)c1ccc(-c2ccc(C(C)=O)cc2)o1)c1ccc(OC)cc1. The smallest absolute Gasteiger partial charge is 0.287 e. The van der Waals surface area contributed by atoms with Crippen molar-refractivity contribution in [1.29, 1.82) is 0 Å². The van der Waals surface area contributed by atoms with Gasteiger partial charge in [-0.1, -0.05) is 43.3 Å². The monoisotopic (exact) mass is 377 g/mol. The van der Waals surface area contributed by atoms with Gasteiger partial charge in [0.05, 0.1) is 13.2 Å². The van der Waals surface area contributed by atoms with E-state index in [4.69, 9.17) is 9.15 Å². The lowest BCUT2D eigenvalue weighted by Gasteiger charge is -2.17. The molecule has 3 rings (SSSR count). The van der Waals surface area contributed by atoms with Crippen LogP contribution in [-0.2, 0) is 0 Å². The molecule has 144 valence electrons. The normalized spacial score (nSPS) is 11.7. The molecule has 1 atom stereocenters. The number of furan rings is 1. The molecule has 1 amide bonds. The zero-order valence-corrected chi connectivity index (χ0v) is 16.2. The van der Waals surface area contributed by atoms with Crippen molar-refractivity contribution in [2.75, 3.05) is 7.11 Å². The van der Waals surface area contributed by atoms with Crippen LogP contribution in [0.5, 0.6) is 5.75 Å². The van der Waals surface area contributed by atoms with E-state index in [0.717, 1.165) is 23.3 Å². The van der Waals surface area contributed by atoms with Crippen LogP contribution < -0.4 is 10.1 Å². The molecule has 1 N–H and O–H groups in total. The average Bonchev–Trinajstić information content (AvgIpc) is 3.22. The van der Waals surface area contributed by atoms with E-state index in [1.807, 2.05) is 43.3 Å². The lowest BCUT2D eigenvalue weighted by Crippen LogP contribution is -2.27. The zero-order valence-electron chi connectivity index (χ0n) is 16.2. The average molecular weight is 377 g/mol. The Kier molecular flexibility index (Phi) is 5.94. The molecule has 0 fully saturated rings. The van der Waals surface area contributed by atoms with E-state index in [2.05, 4.69) is 5.32 Å².